The van der Waals surface area contributed by atoms with Crippen molar-refractivity contribution in [3.05, 3.63) is 69.0 Å². The number of benzene rings is 2. The molecule has 134 valence electrons. The molecule has 0 bridgehead atoms. The number of carbonyl (C=O) groups excluding carboxylic acids is 1. The lowest BCUT2D eigenvalue weighted by Gasteiger charge is -2.07. The Morgan fingerprint density at radius 1 is 1.31 bits per heavy atom. The molecule has 0 saturated carbocycles. The molecular weight excluding hydrogens is 367 g/mol. The summed E-state index contributed by atoms with van der Waals surface area (Å²) in [7, 11) is -3.86. The van der Waals surface area contributed by atoms with Gasteiger partial charge in [-0.05, 0) is 30.3 Å². The summed E-state index contributed by atoms with van der Waals surface area (Å²) in [4.78, 5) is 21.6. The number of carbonyl (C=O) groups is 1. The molecule has 0 aromatic heterocycles. The molecule has 0 amide bonds. The van der Waals surface area contributed by atoms with Gasteiger partial charge in [0.05, 0.1) is 22.1 Å². The lowest BCUT2D eigenvalue weighted by Crippen LogP contribution is -2.09. The summed E-state index contributed by atoms with van der Waals surface area (Å²) < 4.78 is 41.7. The van der Waals surface area contributed by atoms with Crippen LogP contribution in [0.25, 0.3) is 0 Å². The number of nitro groups is 1. The van der Waals surface area contributed by atoms with Gasteiger partial charge >= 0.3 is 5.97 Å². The third-order valence-corrected chi connectivity index (χ3v) is 4.47. The third kappa shape index (κ3) is 4.20. The van der Waals surface area contributed by atoms with E-state index in [0.717, 1.165) is 30.5 Å². The fourth-order valence-electron chi connectivity index (χ4n) is 2.08. The highest BCUT2D eigenvalue weighted by Crippen LogP contribution is 2.25. The molecule has 2 aromatic rings. The van der Waals surface area contributed by atoms with Gasteiger partial charge in [-0.3, -0.25) is 10.1 Å². The molecule has 0 aliphatic heterocycles. The smallest absolute Gasteiger partial charge is 0.338 e. The quantitative estimate of drug-likeness (QED) is 0.444. The Hall–Kier alpha value is -3.32. The number of rotatable bonds is 5. The fraction of sp³-hybridized carbons (Fsp3) is 0.125. The van der Waals surface area contributed by atoms with Crippen molar-refractivity contribution in [3.8, 4) is 6.07 Å². The van der Waals surface area contributed by atoms with Gasteiger partial charge in [-0.2, -0.15) is 5.26 Å². The highest BCUT2D eigenvalue weighted by Gasteiger charge is 2.24. The van der Waals surface area contributed by atoms with E-state index >= 15 is 0 Å². The first kappa shape index (κ1) is 19.0. The number of nitriles is 1. The van der Waals surface area contributed by atoms with Gasteiger partial charge in [0.1, 0.15) is 17.3 Å². The Kier molecular flexibility index (Phi) is 5.33. The lowest BCUT2D eigenvalue weighted by atomic mass is 10.1. The Morgan fingerprint density at radius 2 is 2.00 bits per heavy atom. The van der Waals surface area contributed by atoms with Gasteiger partial charge in [-0.25, -0.2) is 17.6 Å². The lowest BCUT2D eigenvalue weighted by molar-refractivity contribution is -0.387. The number of halogens is 1. The molecule has 26 heavy (non-hydrogen) atoms. The summed E-state index contributed by atoms with van der Waals surface area (Å²) in [5.74, 6) is -1.69. The minimum atomic E-state index is -3.86. The number of sulfone groups is 1. The summed E-state index contributed by atoms with van der Waals surface area (Å²) in [6, 6.07) is 8.10. The average molecular weight is 378 g/mol. The van der Waals surface area contributed by atoms with Crippen LogP contribution >= 0.6 is 0 Å². The van der Waals surface area contributed by atoms with E-state index in [2.05, 4.69) is 0 Å². The van der Waals surface area contributed by atoms with Crippen molar-refractivity contribution in [2.24, 2.45) is 0 Å². The molecular formula is C16H11FN2O6S. The highest BCUT2D eigenvalue weighted by atomic mass is 32.2. The third-order valence-electron chi connectivity index (χ3n) is 3.32. The largest absolute Gasteiger partial charge is 0.457 e. The summed E-state index contributed by atoms with van der Waals surface area (Å²) in [6.07, 6.45) is 0.804. The zero-order valence-electron chi connectivity index (χ0n) is 13.3. The first-order valence-corrected chi connectivity index (χ1v) is 8.87. The molecule has 0 unspecified atom stereocenters. The van der Waals surface area contributed by atoms with Crippen molar-refractivity contribution >= 4 is 21.5 Å². The molecule has 8 nitrogen and oxygen atoms in total. The van der Waals surface area contributed by atoms with Crippen LogP contribution < -0.4 is 0 Å². The first-order valence-electron chi connectivity index (χ1n) is 6.97. The van der Waals surface area contributed by atoms with Crippen LogP contribution in [0.2, 0.25) is 0 Å². The van der Waals surface area contributed by atoms with Crippen LogP contribution in [-0.2, 0) is 21.2 Å². The second-order valence-corrected chi connectivity index (χ2v) is 7.19. The van der Waals surface area contributed by atoms with E-state index < -0.39 is 43.7 Å². The van der Waals surface area contributed by atoms with Gasteiger partial charge in [0, 0.05) is 17.9 Å². The maximum atomic E-state index is 13.7. The molecule has 0 atom stereocenters. The van der Waals surface area contributed by atoms with Crippen LogP contribution in [0.4, 0.5) is 10.1 Å². The Balaban J connectivity index is 2.27. The zero-order valence-corrected chi connectivity index (χ0v) is 14.1. The molecule has 0 N–H and O–H groups in total. The number of ether oxygens (including phenoxy) is 1. The van der Waals surface area contributed by atoms with Crippen molar-refractivity contribution in [3.63, 3.8) is 0 Å². The number of hydrogen-bond acceptors (Lipinski definition) is 7. The van der Waals surface area contributed by atoms with Crippen molar-refractivity contribution in [1.29, 1.82) is 5.26 Å². The van der Waals surface area contributed by atoms with Gasteiger partial charge < -0.3 is 4.74 Å². The van der Waals surface area contributed by atoms with E-state index in [4.69, 9.17) is 10.00 Å². The van der Waals surface area contributed by atoms with Crippen LogP contribution in [-0.4, -0.2) is 25.6 Å². The van der Waals surface area contributed by atoms with E-state index in [0.29, 0.717) is 0 Å². The molecule has 10 heteroatoms. The van der Waals surface area contributed by atoms with Crippen molar-refractivity contribution in [2.45, 2.75) is 11.5 Å². The van der Waals surface area contributed by atoms with Crippen molar-refractivity contribution in [1.82, 2.24) is 0 Å². The molecule has 2 rings (SSSR count). The van der Waals surface area contributed by atoms with Gasteiger partial charge in [0.15, 0.2) is 9.84 Å². The standard InChI is InChI=1S/C16H11FN2O6S/c1-26(23,24)15-5-3-11(7-14(15)19(21)22)16(20)25-9-12-6-10(8-18)2-4-13(12)17/h2-7H,9H2,1H3. The molecule has 0 heterocycles. The molecule has 2 aromatic carbocycles. The number of nitro benzene ring substituents is 1. The summed E-state index contributed by atoms with van der Waals surface area (Å²) in [5.41, 5.74) is -0.897. The average Bonchev–Trinajstić information content (AvgIpc) is 2.59. The second-order valence-electron chi connectivity index (χ2n) is 5.21. The maximum absolute atomic E-state index is 13.7. The minimum Gasteiger partial charge on any atom is -0.457 e. The van der Waals surface area contributed by atoms with Crippen LogP contribution in [0, 0.1) is 27.3 Å². The number of nitrogens with zero attached hydrogens (tertiary/aromatic N) is 2. The zero-order chi connectivity index (χ0) is 19.5. The van der Waals surface area contributed by atoms with Crippen LogP contribution in [0.3, 0.4) is 0 Å². The van der Waals surface area contributed by atoms with E-state index in [1.54, 1.807) is 0 Å². The van der Waals surface area contributed by atoms with E-state index in [9.17, 15) is 27.7 Å². The molecule has 0 spiro atoms. The predicted molar refractivity (Wildman–Crippen MR) is 86.4 cm³/mol. The molecule has 0 aliphatic carbocycles. The molecule has 0 aliphatic rings. The monoisotopic (exact) mass is 378 g/mol. The van der Waals surface area contributed by atoms with Crippen molar-refractivity contribution < 1.29 is 27.3 Å². The van der Waals surface area contributed by atoms with Gasteiger partial charge in [0.2, 0.25) is 0 Å². The fourth-order valence-corrected chi connectivity index (χ4v) is 2.91. The normalized spacial score (nSPS) is 10.8. The highest BCUT2D eigenvalue weighted by molar-refractivity contribution is 7.90. The topological polar surface area (TPSA) is 127 Å². The molecule has 0 radical (unpaired) electrons. The second kappa shape index (κ2) is 7.28. The molecule has 0 saturated heterocycles. The van der Waals surface area contributed by atoms with Gasteiger partial charge in [-0.15, -0.1) is 0 Å². The van der Waals surface area contributed by atoms with Crippen molar-refractivity contribution in [2.75, 3.05) is 6.26 Å². The summed E-state index contributed by atoms with van der Waals surface area (Å²) in [6.45, 7) is -0.498. The Labute approximate surface area is 147 Å². The maximum Gasteiger partial charge on any atom is 0.338 e. The summed E-state index contributed by atoms with van der Waals surface area (Å²) in [5, 5.41) is 19.8. The van der Waals surface area contributed by atoms with E-state index in [1.165, 1.54) is 12.1 Å². The van der Waals surface area contributed by atoms with E-state index in [-0.39, 0.29) is 16.7 Å². The van der Waals surface area contributed by atoms with Crippen LogP contribution in [0.5, 0.6) is 0 Å². The van der Waals surface area contributed by atoms with Gasteiger partial charge in [-0.1, -0.05) is 0 Å². The Bertz CT molecular complexity index is 1040. The number of esters is 1. The number of hydrogen-bond donors (Lipinski definition) is 0. The van der Waals surface area contributed by atoms with Crippen LogP contribution in [0.1, 0.15) is 21.5 Å². The van der Waals surface area contributed by atoms with Gasteiger partial charge in [0.25, 0.3) is 5.69 Å². The predicted octanol–water partition coefficient (Wildman–Crippen LogP) is 2.37. The summed E-state index contributed by atoms with van der Waals surface area (Å²) >= 11 is 0. The Morgan fingerprint density at radius 3 is 2.58 bits per heavy atom. The minimum absolute atomic E-state index is 0.0420. The SMILES string of the molecule is CS(=O)(=O)c1ccc(C(=O)OCc2cc(C#N)ccc2F)cc1[N+](=O)[O-]. The first-order chi connectivity index (χ1) is 12.1. The molecule has 0 fully saturated rings. The van der Waals surface area contributed by atoms with Crippen LogP contribution in [0.15, 0.2) is 41.3 Å². The van der Waals surface area contributed by atoms with E-state index in [1.807, 2.05) is 6.07 Å².